The smallest absolute Gasteiger partial charge is 0.147 e. The zero-order valence-electron chi connectivity index (χ0n) is 11.8. The molecule has 2 saturated heterocycles. The molecule has 2 fully saturated rings. The van der Waals surface area contributed by atoms with E-state index in [0.717, 1.165) is 36.8 Å². The van der Waals surface area contributed by atoms with E-state index < -0.39 is 0 Å². The summed E-state index contributed by atoms with van der Waals surface area (Å²) >= 11 is 1.50. The highest BCUT2D eigenvalue weighted by Gasteiger charge is 2.42. The lowest BCUT2D eigenvalue weighted by Gasteiger charge is -2.38. The molecule has 2 aromatic rings. The van der Waals surface area contributed by atoms with Crippen LogP contribution in [-0.2, 0) is 0 Å². The minimum absolute atomic E-state index is 0.149. The summed E-state index contributed by atoms with van der Waals surface area (Å²) < 4.78 is 4.40. The molecule has 2 atom stereocenters. The summed E-state index contributed by atoms with van der Waals surface area (Å²) in [4.78, 5) is 2.48. The average Bonchev–Trinajstić information content (AvgIpc) is 2.98. The first-order valence-corrected chi connectivity index (χ1v) is 8.28. The standard InChI is InChI=1S/C16H19N3OS/c17-15-14(10-4-2-1-3-5-10)16(21-18-15)19-11-6-7-12(19)9-13(20)8-11/h1-5,11-13,20H,6-9H2,(H2,17,18). The maximum Gasteiger partial charge on any atom is 0.147 e. The molecule has 3 heterocycles. The number of nitrogens with two attached hydrogens (primary N) is 1. The number of fused-ring (bicyclic) bond motifs is 2. The van der Waals surface area contributed by atoms with E-state index in [1.54, 1.807) is 0 Å². The third-order valence-corrected chi connectivity index (χ3v) is 5.58. The van der Waals surface area contributed by atoms with Gasteiger partial charge in [0.25, 0.3) is 0 Å². The van der Waals surface area contributed by atoms with Crippen LogP contribution in [0.15, 0.2) is 30.3 Å². The largest absolute Gasteiger partial charge is 0.393 e. The van der Waals surface area contributed by atoms with Crippen molar-refractivity contribution in [3.63, 3.8) is 0 Å². The molecule has 110 valence electrons. The van der Waals surface area contributed by atoms with Crippen LogP contribution in [0.5, 0.6) is 0 Å². The predicted octanol–water partition coefficient (Wildman–Crippen LogP) is 2.88. The van der Waals surface area contributed by atoms with Gasteiger partial charge in [-0.1, -0.05) is 30.3 Å². The first-order chi connectivity index (χ1) is 10.2. The quantitative estimate of drug-likeness (QED) is 0.895. The Bertz CT molecular complexity index is 628. The molecule has 4 rings (SSSR count). The predicted molar refractivity (Wildman–Crippen MR) is 86.5 cm³/mol. The summed E-state index contributed by atoms with van der Waals surface area (Å²) in [6, 6.07) is 11.1. The van der Waals surface area contributed by atoms with Crippen LogP contribution in [0.4, 0.5) is 10.8 Å². The lowest BCUT2D eigenvalue weighted by atomic mass is 9.99. The SMILES string of the molecule is Nc1nsc(N2C3CCC2CC(O)C3)c1-c1ccccc1. The Hall–Kier alpha value is -1.59. The van der Waals surface area contributed by atoms with Crippen molar-refractivity contribution in [1.29, 1.82) is 0 Å². The molecule has 21 heavy (non-hydrogen) atoms. The van der Waals surface area contributed by atoms with Crippen molar-refractivity contribution >= 4 is 22.4 Å². The van der Waals surface area contributed by atoms with Crippen molar-refractivity contribution in [1.82, 2.24) is 4.37 Å². The van der Waals surface area contributed by atoms with Crippen molar-refractivity contribution in [3.05, 3.63) is 30.3 Å². The first kappa shape index (κ1) is 13.1. The fraction of sp³-hybridized carbons (Fsp3) is 0.438. The monoisotopic (exact) mass is 301 g/mol. The topological polar surface area (TPSA) is 62.4 Å². The van der Waals surface area contributed by atoms with E-state index >= 15 is 0 Å². The molecule has 2 bridgehead atoms. The van der Waals surface area contributed by atoms with E-state index in [2.05, 4.69) is 21.4 Å². The fourth-order valence-corrected chi connectivity index (χ4v) is 4.81. The van der Waals surface area contributed by atoms with Crippen LogP contribution in [0.3, 0.4) is 0 Å². The Kier molecular flexibility index (Phi) is 3.12. The molecule has 3 N–H and O–H groups in total. The summed E-state index contributed by atoms with van der Waals surface area (Å²) in [5.74, 6) is 0.617. The van der Waals surface area contributed by atoms with Gasteiger partial charge in [0.05, 0.1) is 11.7 Å². The molecule has 0 radical (unpaired) electrons. The molecule has 1 aromatic carbocycles. The third-order valence-electron chi connectivity index (χ3n) is 4.71. The van der Waals surface area contributed by atoms with E-state index in [1.807, 2.05) is 18.2 Å². The Morgan fingerprint density at radius 3 is 2.48 bits per heavy atom. The minimum Gasteiger partial charge on any atom is -0.393 e. The van der Waals surface area contributed by atoms with Gasteiger partial charge in [-0.15, -0.1) is 0 Å². The molecule has 1 aromatic heterocycles. The molecule has 0 amide bonds. The van der Waals surface area contributed by atoms with Crippen molar-refractivity contribution < 1.29 is 5.11 Å². The second-order valence-electron chi connectivity index (χ2n) is 6.03. The highest BCUT2D eigenvalue weighted by Crippen LogP contribution is 2.47. The Morgan fingerprint density at radius 2 is 1.81 bits per heavy atom. The molecule has 2 aliphatic heterocycles. The van der Waals surface area contributed by atoms with E-state index in [0.29, 0.717) is 17.9 Å². The van der Waals surface area contributed by atoms with Gasteiger partial charge in [-0.3, -0.25) is 0 Å². The molecular formula is C16H19N3OS. The Balaban J connectivity index is 1.77. The highest BCUT2D eigenvalue weighted by atomic mass is 32.1. The highest BCUT2D eigenvalue weighted by molar-refractivity contribution is 7.11. The van der Waals surface area contributed by atoms with Gasteiger partial charge in [0.1, 0.15) is 10.8 Å². The number of benzene rings is 1. The Morgan fingerprint density at radius 1 is 1.14 bits per heavy atom. The summed E-state index contributed by atoms with van der Waals surface area (Å²) in [5, 5.41) is 11.2. The number of rotatable bonds is 2. The van der Waals surface area contributed by atoms with Gasteiger partial charge in [0.2, 0.25) is 0 Å². The second-order valence-corrected chi connectivity index (χ2v) is 6.78. The van der Waals surface area contributed by atoms with Crippen LogP contribution in [0.1, 0.15) is 25.7 Å². The van der Waals surface area contributed by atoms with Gasteiger partial charge in [-0.05, 0) is 42.8 Å². The summed E-state index contributed by atoms with van der Waals surface area (Å²) in [6.45, 7) is 0. The molecule has 0 saturated carbocycles. The van der Waals surface area contributed by atoms with E-state index in [-0.39, 0.29) is 6.10 Å². The van der Waals surface area contributed by atoms with Gasteiger partial charge in [-0.25, -0.2) is 0 Å². The first-order valence-electron chi connectivity index (χ1n) is 7.51. The number of piperidine rings is 1. The zero-order chi connectivity index (χ0) is 14.4. The van der Waals surface area contributed by atoms with Crippen LogP contribution >= 0.6 is 11.5 Å². The number of aliphatic hydroxyl groups excluding tert-OH is 1. The number of anilines is 2. The van der Waals surface area contributed by atoms with Crippen molar-refractivity contribution in [2.24, 2.45) is 0 Å². The molecule has 0 aliphatic carbocycles. The Labute approximate surface area is 128 Å². The number of aromatic nitrogens is 1. The maximum absolute atomic E-state index is 9.98. The molecule has 2 unspecified atom stereocenters. The number of nitrogen functional groups attached to an aromatic ring is 1. The molecule has 5 heteroatoms. The zero-order valence-corrected chi connectivity index (χ0v) is 12.6. The number of nitrogens with zero attached hydrogens (tertiary/aromatic N) is 2. The number of hydrogen-bond donors (Lipinski definition) is 2. The van der Waals surface area contributed by atoms with E-state index in [9.17, 15) is 5.11 Å². The van der Waals surface area contributed by atoms with Gasteiger partial charge in [0.15, 0.2) is 0 Å². The van der Waals surface area contributed by atoms with Crippen LogP contribution in [0.25, 0.3) is 11.1 Å². The third kappa shape index (κ3) is 2.12. The van der Waals surface area contributed by atoms with Gasteiger partial charge in [-0.2, -0.15) is 4.37 Å². The molecule has 0 spiro atoms. The van der Waals surface area contributed by atoms with Crippen LogP contribution in [0.2, 0.25) is 0 Å². The lowest BCUT2D eigenvalue weighted by Crippen LogP contribution is -2.44. The summed E-state index contributed by atoms with van der Waals surface area (Å²) in [6.07, 6.45) is 3.90. The minimum atomic E-state index is -0.149. The van der Waals surface area contributed by atoms with Gasteiger partial charge >= 0.3 is 0 Å². The second kappa shape index (κ2) is 5.00. The maximum atomic E-state index is 9.98. The lowest BCUT2D eigenvalue weighted by molar-refractivity contribution is 0.126. The van der Waals surface area contributed by atoms with Crippen LogP contribution in [-0.4, -0.2) is 27.7 Å². The van der Waals surface area contributed by atoms with Crippen molar-refractivity contribution in [2.45, 2.75) is 43.9 Å². The number of hydrogen-bond acceptors (Lipinski definition) is 5. The van der Waals surface area contributed by atoms with Crippen molar-refractivity contribution in [3.8, 4) is 11.1 Å². The summed E-state index contributed by atoms with van der Waals surface area (Å²) in [5.41, 5.74) is 8.33. The average molecular weight is 301 g/mol. The van der Waals surface area contributed by atoms with E-state index in [1.165, 1.54) is 16.5 Å². The molecular weight excluding hydrogens is 282 g/mol. The van der Waals surface area contributed by atoms with E-state index in [4.69, 9.17) is 5.73 Å². The van der Waals surface area contributed by atoms with Crippen LogP contribution in [0, 0.1) is 0 Å². The fourth-order valence-electron chi connectivity index (χ4n) is 3.83. The normalized spacial score (nSPS) is 28.0. The summed E-state index contributed by atoms with van der Waals surface area (Å²) in [7, 11) is 0. The number of aliphatic hydroxyl groups is 1. The van der Waals surface area contributed by atoms with Crippen molar-refractivity contribution in [2.75, 3.05) is 10.6 Å². The molecule has 2 aliphatic rings. The van der Waals surface area contributed by atoms with Gasteiger partial charge < -0.3 is 15.7 Å². The van der Waals surface area contributed by atoms with Gasteiger partial charge in [0, 0.05) is 12.1 Å². The molecule has 4 nitrogen and oxygen atoms in total. The van der Waals surface area contributed by atoms with Crippen LogP contribution < -0.4 is 10.6 Å².